The van der Waals surface area contributed by atoms with Gasteiger partial charge >= 0.3 is 11.9 Å². The molecule has 1 aromatic rings. The highest BCUT2D eigenvalue weighted by Gasteiger charge is 2.71. The Morgan fingerprint density at radius 1 is 0.927 bits per heavy atom. The van der Waals surface area contributed by atoms with Crippen molar-refractivity contribution in [2.24, 2.45) is 62.1 Å². The second kappa shape index (κ2) is 14.0. The molecular formula is C46H71N3O6. The molecule has 55 heavy (non-hydrogen) atoms. The fourth-order valence-electron chi connectivity index (χ4n) is 14.7. The van der Waals surface area contributed by atoms with Gasteiger partial charge in [-0.15, -0.1) is 0 Å². The predicted octanol–water partition coefficient (Wildman–Crippen LogP) is 9.09. The number of fused-ring (bicyclic) bond motifs is 7. The van der Waals surface area contributed by atoms with Crippen LogP contribution in [0.4, 0.5) is 0 Å². The Labute approximate surface area is 330 Å². The normalized spacial score (nSPS) is 40.0. The van der Waals surface area contributed by atoms with E-state index in [1.165, 1.54) is 31.3 Å². The number of nitrogens with zero attached hydrogens (tertiary/aromatic N) is 3. The monoisotopic (exact) mass is 762 g/mol. The maximum atomic E-state index is 14.3. The van der Waals surface area contributed by atoms with Crippen LogP contribution in [0.15, 0.2) is 22.7 Å². The average molecular weight is 762 g/mol. The van der Waals surface area contributed by atoms with Crippen LogP contribution in [0.1, 0.15) is 144 Å². The standard InChI is InChI=1S/C46H71N3O6/c1-29(2)32-13-18-46(26-37(50)49-23-21-48(22-24-49)28-31-25-30(3)55-47-31)20-19-44(9)33(39(32)46)11-12-35-43(8)16-15-36(54-38(51)27-41(4,5)40(52)53)42(6,7)34(43)14-17-45(35,44)10/h25,32-36,39H,1,11-24,26-28H2,2-10H3,(H,52,53)/t32-,33+,34-,35+,36-,39+,43-,44+,45+,46+/m0/s1. The molecular weight excluding hydrogens is 691 g/mol. The highest BCUT2D eigenvalue weighted by Crippen LogP contribution is 2.78. The van der Waals surface area contributed by atoms with Gasteiger partial charge in [0, 0.05) is 50.6 Å². The van der Waals surface area contributed by atoms with Gasteiger partial charge in [-0.1, -0.05) is 51.9 Å². The molecule has 1 N–H and O–H groups in total. The quantitative estimate of drug-likeness (QED) is 0.196. The molecule has 1 saturated heterocycles. The minimum Gasteiger partial charge on any atom is -0.481 e. The third kappa shape index (κ3) is 6.62. The summed E-state index contributed by atoms with van der Waals surface area (Å²) in [7, 11) is 0. The summed E-state index contributed by atoms with van der Waals surface area (Å²) >= 11 is 0. The fraction of sp³-hybridized carbons (Fsp3) is 0.826. The molecule has 306 valence electrons. The molecule has 0 aromatic carbocycles. The second-order valence-corrected chi connectivity index (χ2v) is 21.5. The largest absolute Gasteiger partial charge is 0.481 e. The summed E-state index contributed by atoms with van der Waals surface area (Å²) in [4.78, 5) is 43.8. The molecule has 6 aliphatic rings. The molecule has 1 aromatic heterocycles. The first-order valence-electron chi connectivity index (χ1n) is 21.7. The number of allylic oxidation sites excluding steroid dienone is 1. The van der Waals surface area contributed by atoms with Crippen molar-refractivity contribution in [3.63, 3.8) is 0 Å². The van der Waals surface area contributed by atoms with Crippen LogP contribution in [0, 0.1) is 69.0 Å². The first-order valence-corrected chi connectivity index (χ1v) is 21.7. The number of carbonyl (C=O) groups excluding carboxylic acids is 2. The number of rotatable bonds is 9. The van der Waals surface area contributed by atoms with Crippen molar-refractivity contribution in [1.29, 1.82) is 0 Å². The number of aromatic nitrogens is 1. The smallest absolute Gasteiger partial charge is 0.309 e. The van der Waals surface area contributed by atoms with Crippen molar-refractivity contribution in [3.8, 4) is 0 Å². The number of hydrogen-bond donors (Lipinski definition) is 1. The van der Waals surface area contributed by atoms with Gasteiger partial charge in [0.05, 0.1) is 17.5 Å². The Hall–Kier alpha value is -2.68. The van der Waals surface area contributed by atoms with E-state index in [0.29, 0.717) is 41.9 Å². The predicted molar refractivity (Wildman–Crippen MR) is 213 cm³/mol. The van der Waals surface area contributed by atoms with Crippen LogP contribution in [0.2, 0.25) is 0 Å². The van der Waals surface area contributed by atoms with Crippen molar-refractivity contribution >= 4 is 17.8 Å². The summed E-state index contributed by atoms with van der Waals surface area (Å²) in [6, 6.07) is 2.01. The molecule has 10 atom stereocenters. The van der Waals surface area contributed by atoms with Crippen molar-refractivity contribution in [3.05, 3.63) is 29.7 Å². The van der Waals surface area contributed by atoms with E-state index in [4.69, 9.17) is 9.26 Å². The van der Waals surface area contributed by atoms with E-state index in [1.54, 1.807) is 13.8 Å². The van der Waals surface area contributed by atoms with E-state index < -0.39 is 17.4 Å². The van der Waals surface area contributed by atoms with Gasteiger partial charge in [0.1, 0.15) is 11.9 Å². The molecule has 5 saturated carbocycles. The lowest BCUT2D eigenvalue weighted by atomic mass is 9.32. The fourth-order valence-corrected chi connectivity index (χ4v) is 14.7. The minimum atomic E-state index is -1.15. The minimum absolute atomic E-state index is 0.0453. The summed E-state index contributed by atoms with van der Waals surface area (Å²) in [6.07, 6.45) is 11.5. The maximum absolute atomic E-state index is 14.3. The highest BCUT2D eigenvalue weighted by molar-refractivity contribution is 5.81. The van der Waals surface area contributed by atoms with Crippen molar-refractivity contribution < 1.29 is 28.8 Å². The van der Waals surface area contributed by atoms with Gasteiger partial charge in [-0.25, -0.2) is 0 Å². The number of amides is 1. The first-order chi connectivity index (χ1) is 25.7. The van der Waals surface area contributed by atoms with Gasteiger partial charge in [-0.3, -0.25) is 19.3 Å². The third-order valence-electron chi connectivity index (χ3n) is 17.9. The van der Waals surface area contributed by atoms with E-state index >= 15 is 0 Å². The van der Waals surface area contributed by atoms with Crippen LogP contribution in [-0.4, -0.2) is 70.2 Å². The molecule has 1 aliphatic heterocycles. The number of carboxylic acids is 1. The maximum Gasteiger partial charge on any atom is 0.309 e. The number of aliphatic carboxylic acids is 1. The topological polar surface area (TPSA) is 113 Å². The highest BCUT2D eigenvalue weighted by atomic mass is 16.5. The molecule has 6 fully saturated rings. The summed E-state index contributed by atoms with van der Waals surface area (Å²) < 4.78 is 11.5. The summed E-state index contributed by atoms with van der Waals surface area (Å²) in [5.41, 5.74) is 1.47. The number of aryl methyl sites for hydroxylation is 1. The molecule has 7 rings (SSSR count). The van der Waals surface area contributed by atoms with Gasteiger partial charge in [-0.05, 0) is 143 Å². The third-order valence-corrected chi connectivity index (χ3v) is 17.9. The average Bonchev–Trinajstić information content (AvgIpc) is 3.69. The number of ether oxygens (including phenoxy) is 1. The number of esters is 1. The molecule has 1 amide bonds. The Kier molecular flexibility index (Phi) is 10.3. The Morgan fingerprint density at radius 2 is 1.64 bits per heavy atom. The van der Waals surface area contributed by atoms with Gasteiger partial charge in [0.2, 0.25) is 5.91 Å². The van der Waals surface area contributed by atoms with Crippen LogP contribution >= 0.6 is 0 Å². The molecule has 9 nitrogen and oxygen atoms in total. The van der Waals surface area contributed by atoms with Crippen molar-refractivity contribution in [2.45, 2.75) is 152 Å². The zero-order valence-electron chi connectivity index (χ0n) is 35.6. The number of hydrogen-bond acceptors (Lipinski definition) is 7. The molecule has 5 aliphatic carbocycles. The van der Waals surface area contributed by atoms with E-state index in [0.717, 1.165) is 82.7 Å². The van der Waals surface area contributed by atoms with Gasteiger partial charge in [0.15, 0.2) is 0 Å². The van der Waals surface area contributed by atoms with Crippen LogP contribution in [0.25, 0.3) is 0 Å². The molecule has 0 unspecified atom stereocenters. The number of piperazine rings is 1. The van der Waals surface area contributed by atoms with Gasteiger partial charge in [-0.2, -0.15) is 0 Å². The number of carbonyl (C=O) groups is 3. The molecule has 0 radical (unpaired) electrons. The van der Waals surface area contributed by atoms with E-state index in [1.807, 2.05) is 13.0 Å². The molecule has 2 heterocycles. The second-order valence-electron chi connectivity index (χ2n) is 21.5. The van der Waals surface area contributed by atoms with E-state index in [2.05, 4.69) is 63.1 Å². The number of carboxylic acid groups (broad SMARTS) is 1. The zero-order valence-corrected chi connectivity index (χ0v) is 35.6. The summed E-state index contributed by atoms with van der Waals surface area (Å²) in [5, 5.41) is 13.8. The molecule has 9 heteroatoms. The summed E-state index contributed by atoms with van der Waals surface area (Å²) in [5.74, 6) is 2.37. The van der Waals surface area contributed by atoms with Gasteiger partial charge < -0.3 is 19.3 Å². The molecule has 0 bridgehead atoms. The Morgan fingerprint density at radius 3 is 2.27 bits per heavy atom. The lowest BCUT2D eigenvalue weighted by Gasteiger charge is -2.73. The van der Waals surface area contributed by atoms with Crippen molar-refractivity contribution in [2.75, 3.05) is 26.2 Å². The van der Waals surface area contributed by atoms with E-state index in [-0.39, 0.29) is 39.6 Å². The van der Waals surface area contributed by atoms with Crippen molar-refractivity contribution in [1.82, 2.24) is 15.0 Å². The Bertz CT molecular complexity index is 1670. The lowest BCUT2D eigenvalue weighted by Crippen LogP contribution is -2.67. The van der Waals surface area contributed by atoms with Crippen LogP contribution in [0.3, 0.4) is 0 Å². The first kappa shape index (κ1) is 40.5. The summed E-state index contributed by atoms with van der Waals surface area (Å²) in [6.45, 7) is 28.5. The van der Waals surface area contributed by atoms with Crippen LogP contribution in [0.5, 0.6) is 0 Å². The van der Waals surface area contributed by atoms with Gasteiger partial charge in [0.25, 0.3) is 0 Å². The molecule has 0 spiro atoms. The SMILES string of the molecule is C=C(C)[C@@H]1CC[C@]2(CC(=O)N3CCN(Cc4cc(C)on4)CC3)CC[C@]3(C)[C@H](CC[C@@H]4[C@@]5(C)CC[C@H](OC(=O)CC(C)(C)C(=O)O)C(C)(C)[C@@H]5CC[C@]43C)[C@@H]12. The Balaban J connectivity index is 1.07. The van der Waals surface area contributed by atoms with Crippen LogP contribution < -0.4 is 0 Å². The lowest BCUT2D eigenvalue weighted by molar-refractivity contribution is -0.250. The van der Waals surface area contributed by atoms with Crippen LogP contribution in [-0.2, 0) is 25.7 Å². The van der Waals surface area contributed by atoms with E-state index in [9.17, 15) is 19.5 Å². The zero-order chi connectivity index (χ0) is 39.9.